The highest BCUT2D eigenvalue weighted by molar-refractivity contribution is 7.93. The number of rotatable bonds is 4. The average Bonchev–Trinajstić information content (AvgIpc) is 3.36. The molecule has 6 nitrogen and oxygen atoms in total. The second-order valence-corrected chi connectivity index (χ2v) is 10.2. The maximum absolute atomic E-state index is 13.1. The van der Waals surface area contributed by atoms with Crippen molar-refractivity contribution in [1.82, 2.24) is 4.98 Å². The summed E-state index contributed by atoms with van der Waals surface area (Å²) in [6.07, 6.45) is 0.835. The van der Waals surface area contributed by atoms with Gasteiger partial charge in [-0.25, -0.2) is 13.4 Å². The van der Waals surface area contributed by atoms with Crippen molar-refractivity contribution in [2.75, 3.05) is 16.2 Å². The molecule has 1 aliphatic rings. The molecule has 0 fully saturated rings. The zero-order valence-corrected chi connectivity index (χ0v) is 18.5. The van der Waals surface area contributed by atoms with Gasteiger partial charge in [-0.15, -0.1) is 0 Å². The van der Waals surface area contributed by atoms with Crippen molar-refractivity contribution >= 4 is 59.9 Å². The summed E-state index contributed by atoms with van der Waals surface area (Å²) in [7, 11) is -3.79. The van der Waals surface area contributed by atoms with Crippen LogP contribution in [-0.4, -0.2) is 25.9 Å². The molecule has 31 heavy (non-hydrogen) atoms. The van der Waals surface area contributed by atoms with E-state index in [0.717, 1.165) is 22.4 Å². The lowest BCUT2D eigenvalue weighted by Crippen LogP contribution is -2.28. The van der Waals surface area contributed by atoms with Crippen LogP contribution in [0.15, 0.2) is 71.6 Å². The Labute approximate surface area is 188 Å². The van der Waals surface area contributed by atoms with Gasteiger partial charge in [0.05, 0.1) is 15.1 Å². The highest BCUT2D eigenvalue weighted by Gasteiger charge is 2.25. The Hall–Kier alpha value is -2.94. The number of hydrogen-bond donors (Lipinski definition) is 1. The second kappa shape index (κ2) is 7.64. The van der Waals surface area contributed by atoms with Crippen LogP contribution in [0.5, 0.6) is 0 Å². The molecule has 4 aromatic rings. The van der Waals surface area contributed by atoms with Gasteiger partial charge in [0.1, 0.15) is 0 Å². The third-order valence-electron chi connectivity index (χ3n) is 5.11. The summed E-state index contributed by atoms with van der Waals surface area (Å²) in [6.45, 7) is 0.644. The third kappa shape index (κ3) is 3.78. The van der Waals surface area contributed by atoms with Crippen LogP contribution in [0.4, 0.5) is 10.8 Å². The minimum atomic E-state index is -3.79. The predicted molar refractivity (Wildman–Crippen MR) is 124 cm³/mol. The van der Waals surface area contributed by atoms with Crippen LogP contribution in [0.2, 0.25) is 5.02 Å². The molecular formula is C22H16ClN3O3S2. The lowest BCUT2D eigenvalue weighted by Gasteiger charge is -2.17. The molecule has 0 bridgehead atoms. The maximum atomic E-state index is 13.1. The van der Waals surface area contributed by atoms with E-state index in [1.165, 1.54) is 35.6 Å². The van der Waals surface area contributed by atoms with E-state index in [-0.39, 0.29) is 15.9 Å². The molecular weight excluding hydrogens is 454 g/mol. The monoisotopic (exact) mass is 469 g/mol. The summed E-state index contributed by atoms with van der Waals surface area (Å²) >= 11 is 7.02. The van der Waals surface area contributed by atoms with Gasteiger partial charge in [0.25, 0.3) is 15.9 Å². The number of halogens is 1. The molecule has 5 rings (SSSR count). The molecule has 1 N–H and O–H groups in total. The van der Waals surface area contributed by atoms with E-state index in [0.29, 0.717) is 22.6 Å². The van der Waals surface area contributed by atoms with E-state index in [1.54, 1.807) is 23.1 Å². The van der Waals surface area contributed by atoms with Gasteiger partial charge in [-0.05, 0) is 60.5 Å². The summed E-state index contributed by atoms with van der Waals surface area (Å²) in [5.41, 5.74) is 3.26. The van der Waals surface area contributed by atoms with Gasteiger partial charge >= 0.3 is 0 Å². The topological polar surface area (TPSA) is 79.4 Å². The fraction of sp³-hybridized carbons (Fsp3) is 0.0909. The first-order valence-electron chi connectivity index (χ1n) is 9.49. The molecule has 0 spiro atoms. The molecule has 3 aromatic carbocycles. The van der Waals surface area contributed by atoms with Gasteiger partial charge in [0.2, 0.25) is 0 Å². The number of amides is 1. The molecule has 1 aromatic heterocycles. The van der Waals surface area contributed by atoms with Crippen LogP contribution in [0.25, 0.3) is 10.2 Å². The van der Waals surface area contributed by atoms with Crippen molar-refractivity contribution in [3.05, 3.63) is 82.9 Å². The van der Waals surface area contributed by atoms with Crippen molar-refractivity contribution in [2.24, 2.45) is 0 Å². The number of hydrogen-bond acceptors (Lipinski definition) is 5. The summed E-state index contributed by atoms with van der Waals surface area (Å²) < 4.78 is 28.4. The summed E-state index contributed by atoms with van der Waals surface area (Å²) in [5, 5.41) is 0.692. The van der Waals surface area contributed by atoms with E-state index >= 15 is 0 Å². The van der Waals surface area contributed by atoms with Crippen molar-refractivity contribution in [1.29, 1.82) is 0 Å². The van der Waals surface area contributed by atoms with Crippen LogP contribution < -0.4 is 9.62 Å². The Morgan fingerprint density at radius 3 is 2.65 bits per heavy atom. The van der Waals surface area contributed by atoms with E-state index < -0.39 is 10.0 Å². The Kier molecular flexibility index (Phi) is 4.92. The van der Waals surface area contributed by atoms with Crippen LogP contribution in [0, 0.1) is 0 Å². The maximum Gasteiger partial charge on any atom is 0.263 e. The number of thiazole rings is 1. The SMILES string of the molecule is O=C(c1ccc2nc(NS(=O)(=O)c3ccc(Cl)cc3)sc2c1)N1CCc2ccccc21. The molecule has 0 saturated carbocycles. The molecule has 0 atom stereocenters. The number of nitrogens with zero attached hydrogens (tertiary/aromatic N) is 2. The van der Waals surface area contributed by atoms with Crippen molar-refractivity contribution in [3.63, 3.8) is 0 Å². The normalized spacial score (nSPS) is 13.4. The van der Waals surface area contributed by atoms with Crippen LogP contribution >= 0.6 is 22.9 Å². The second-order valence-electron chi connectivity index (χ2n) is 7.10. The smallest absolute Gasteiger partial charge is 0.263 e. The quantitative estimate of drug-likeness (QED) is 0.458. The van der Waals surface area contributed by atoms with Crippen LogP contribution in [0.3, 0.4) is 0 Å². The Balaban J connectivity index is 1.42. The van der Waals surface area contributed by atoms with Gasteiger partial charge in [-0.3, -0.25) is 9.52 Å². The number of carbonyl (C=O) groups is 1. The van der Waals surface area contributed by atoms with Gasteiger partial charge in [-0.1, -0.05) is 41.1 Å². The average molecular weight is 470 g/mol. The molecule has 0 aliphatic carbocycles. The number of nitrogens with one attached hydrogen (secondary N) is 1. The Bertz CT molecular complexity index is 1420. The molecule has 0 radical (unpaired) electrons. The fourth-order valence-corrected chi connectivity index (χ4v) is 5.86. The molecule has 2 heterocycles. The predicted octanol–water partition coefficient (Wildman–Crippen LogP) is 4.95. The lowest BCUT2D eigenvalue weighted by atomic mass is 10.1. The zero-order chi connectivity index (χ0) is 21.6. The van der Waals surface area contributed by atoms with E-state index in [9.17, 15) is 13.2 Å². The number of anilines is 2. The number of carbonyl (C=O) groups excluding carboxylic acids is 1. The van der Waals surface area contributed by atoms with E-state index in [1.807, 2.05) is 24.3 Å². The fourth-order valence-electron chi connectivity index (χ4n) is 3.59. The first-order valence-corrected chi connectivity index (χ1v) is 12.2. The minimum absolute atomic E-state index is 0.0801. The zero-order valence-electron chi connectivity index (χ0n) is 16.1. The standard InChI is InChI=1S/C22H16ClN3O3S2/c23-16-6-8-17(9-7-16)31(28,29)25-22-24-18-10-5-15(13-20(18)30-22)21(27)26-12-11-14-3-1-2-4-19(14)26/h1-10,13H,11-12H2,(H,24,25). The molecule has 156 valence electrons. The lowest BCUT2D eigenvalue weighted by molar-refractivity contribution is 0.0989. The Morgan fingerprint density at radius 1 is 1.06 bits per heavy atom. The van der Waals surface area contributed by atoms with Crippen LogP contribution in [0.1, 0.15) is 15.9 Å². The summed E-state index contributed by atoms with van der Waals surface area (Å²) in [4.78, 5) is 19.3. The summed E-state index contributed by atoms with van der Waals surface area (Å²) in [5.74, 6) is -0.0801. The van der Waals surface area contributed by atoms with Gasteiger partial charge in [0, 0.05) is 22.8 Å². The summed E-state index contributed by atoms with van der Waals surface area (Å²) in [6, 6.07) is 19.0. The van der Waals surface area contributed by atoms with Crippen molar-refractivity contribution < 1.29 is 13.2 Å². The molecule has 0 saturated heterocycles. The first-order chi connectivity index (χ1) is 14.9. The molecule has 1 aliphatic heterocycles. The number of fused-ring (bicyclic) bond motifs is 2. The third-order valence-corrected chi connectivity index (χ3v) is 7.78. The van der Waals surface area contributed by atoms with Crippen molar-refractivity contribution in [3.8, 4) is 0 Å². The molecule has 9 heteroatoms. The van der Waals surface area contributed by atoms with Gasteiger partial charge in [-0.2, -0.15) is 0 Å². The Morgan fingerprint density at radius 2 is 1.84 bits per heavy atom. The number of sulfonamides is 1. The number of para-hydroxylation sites is 1. The van der Waals surface area contributed by atoms with Gasteiger partial charge < -0.3 is 4.90 Å². The number of benzene rings is 3. The number of aromatic nitrogens is 1. The highest BCUT2D eigenvalue weighted by atomic mass is 35.5. The minimum Gasteiger partial charge on any atom is -0.308 e. The van der Waals surface area contributed by atoms with E-state index in [4.69, 9.17) is 11.6 Å². The molecule has 1 amide bonds. The van der Waals surface area contributed by atoms with Crippen molar-refractivity contribution in [2.45, 2.75) is 11.3 Å². The first kappa shape index (κ1) is 20.0. The highest BCUT2D eigenvalue weighted by Crippen LogP contribution is 2.32. The largest absolute Gasteiger partial charge is 0.308 e. The van der Waals surface area contributed by atoms with Gasteiger partial charge in [0.15, 0.2) is 5.13 Å². The van der Waals surface area contributed by atoms with E-state index in [2.05, 4.69) is 9.71 Å². The van der Waals surface area contributed by atoms with Crippen LogP contribution in [-0.2, 0) is 16.4 Å². The molecule has 0 unspecified atom stereocenters.